The fourth-order valence-corrected chi connectivity index (χ4v) is 2.82. The molecule has 30 heavy (non-hydrogen) atoms. The van der Waals surface area contributed by atoms with Crippen LogP contribution in [-0.4, -0.2) is 9.67 Å². The van der Waals surface area contributed by atoms with Crippen LogP contribution in [0.15, 0.2) is 69.6 Å². The lowest BCUT2D eigenvalue weighted by atomic mass is 10.1. The van der Waals surface area contributed by atoms with Crippen molar-refractivity contribution < 1.29 is 18.3 Å². The number of hydrogen-bond acceptors (Lipinski definition) is 5. The van der Waals surface area contributed by atoms with Crippen LogP contribution in [0.5, 0.6) is 5.88 Å². The predicted molar refractivity (Wildman–Crippen MR) is 103 cm³/mol. The summed E-state index contributed by atoms with van der Waals surface area (Å²) in [7, 11) is 0. The van der Waals surface area contributed by atoms with Crippen molar-refractivity contribution in [2.45, 2.75) is 19.6 Å². The molecule has 0 bridgehead atoms. The molecule has 3 rings (SSSR count). The van der Waals surface area contributed by atoms with Gasteiger partial charge < -0.3 is 5.11 Å². The zero-order valence-electron chi connectivity index (χ0n) is 15.7. The van der Waals surface area contributed by atoms with E-state index in [1.165, 1.54) is 19.1 Å². The molecule has 6 nitrogen and oxygen atoms in total. The maximum atomic E-state index is 12.9. The van der Waals surface area contributed by atoms with Gasteiger partial charge in [0.1, 0.15) is 11.6 Å². The second kappa shape index (κ2) is 8.21. The average Bonchev–Trinajstić information content (AvgIpc) is 2.72. The number of azo groups is 1. The topological polar surface area (TPSA) is 90.7 Å². The number of nitrogens with zero attached hydrogens (tertiary/aromatic N) is 4. The zero-order valence-corrected chi connectivity index (χ0v) is 15.7. The monoisotopic (exact) mass is 412 g/mol. The van der Waals surface area contributed by atoms with Crippen LogP contribution in [0.3, 0.4) is 0 Å². The molecule has 1 N–H and O–H groups in total. The smallest absolute Gasteiger partial charge is 0.416 e. The Morgan fingerprint density at radius 3 is 2.43 bits per heavy atom. The quantitative estimate of drug-likeness (QED) is 0.596. The molecule has 0 atom stereocenters. The average molecular weight is 412 g/mol. The molecule has 0 saturated carbocycles. The number of aromatic hydroxyl groups is 1. The number of alkyl halides is 3. The molecule has 1 aromatic heterocycles. The Bertz CT molecular complexity index is 1210. The summed E-state index contributed by atoms with van der Waals surface area (Å²) in [6.45, 7) is 1.39. The van der Waals surface area contributed by atoms with Gasteiger partial charge in [-0.05, 0) is 30.7 Å². The highest BCUT2D eigenvalue weighted by Crippen LogP contribution is 2.32. The first-order valence-electron chi connectivity index (χ1n) is 8.71. The van der Waals surface area contributed by atoms with E-state index in [0.717, 1.165) is 16.7 Å². The lowest BCUT2D eigenvalue weighted by molar-refractivity contribution is -0.137. The van der Waals surface area contributed by atoms with E-state index in [4.69, 9.17) is 0 Å². The van der Waals surface area contributed by atoms with Gasteiger partial charge in [0.25, 0.3) is 5.56 Å². The highest BCUT2D eigenvalue weighted by Gasteiger charge is 2.30. The number of hydrogen-bond donors (Lipinski definition) is 1. The number of aromatic nitrogens is 1. The van der Waals surface area contributed by atoms with E-state index in [2.05, 4.69) is 10.2 Å². The van der Waals surface area contributed by atoms with Crippen LogP contribution in [-0.2, 0) is 12.7 Å². The maximum Gasteiger partial charge on any atom is 0.416 e. The third kappa shape index (κ3) is 4.22. The van der Waals surface area contributed by atoms with Crippen molar-refractivity contribution in [3.05, 3.63) is 87.2 Å². The third-order valence-electron chi connectivity index (χ3n) is 4.39. The normalized spacial score (nSPS) is 11.6. The minimum absolute atomic E-state index is 0.0213. The van der Waals surface area contributed by atoms with Crippen molar-refractivity contribution in [1.29, 1.82) is 5.26 Å². The standard InChI is InChI=1S/C21H15F3N4O2/c1-13-17(11-25)19(29)28(12-14-6-3-2-4-7-14)20(30)18(13)27-26-16-9-5-8-15(10-16)21(22,23)24/h2-10,29H,12H2,1H3. The van der Waals surface area contributed by atoms with Gasteiger partial charge in [-0.15, -0.1) is 5.11 Å². The van der Waals surface area contributed by atoms with Crippen LogP contribution in [0.2, 0.25) is 0 Å². The fourth-order valence-electron chi connectivity index (χ4n) is 2.82. The van der Waals surface area contributed by atoms with Crippen molar-refractivity contribution in [1.82, 2.24) is 4.57 Å². The molecule has 0 unspecified atom stereocenters. The van der Waals surface area contributed by atoms with E-state index in [1.54, 1.807) is 30.3 Å². The summed E-state index contributed by atoms with van der Waals surface area (Å²) in [5, 5.41) is 27.3. The van der Waals surface area contributed by atoms with E-state index in [1.807, 2.05) is 6.07 Å². The summed E-state index contributed by atoms with van der Waals surface area (Å²) >= 11 is 0. The Labute approximate surface area is 169 Å². The molecule has 1 heterocycles. The SMILES string of the molecule is Cc1c(C#N)c(O)n(Cc2ccccc2)c(=O)c1N=Nc1cccc(C(F)(F)F)c1. The van der Waals surface area contributed by atoms with Gasteiger partial charge in [-0.2, -0.15) is 23.5 Å². The lowest BCUT2D eigenvalue weighted by Crippen LogP contribution is -2.22. The summed E-state index contributed by atoms with van der Waals surface area (Å²) in [5.41, 5.74) is -1.35. The van der Waals surface area contributed by atoms with E-state index in [9.17, 15) is 28.3 Å². The summed E-state index contributed by atoms with van der Waals surface area (Å²) in [5.74, 6) is -0.512. The molecule has 0 aliphatic heterocycles. The maximum absolute atomic E-state index is 12.9. The second-order valence-corrected chi connectivity index (χ2v) is 6.41. The number of nitriles is 1. The molecule has 2 aromatic carbocycles. The minimum Gasteiger partial charge on any atom is -0.493 e. The van der Waals surface area contributed by atoms with E-state index < -0.39 is 23.2 Å². The number of rotatable bonds is 4. The first-order valence-corrected chi connectivity index (χ1v) is 8.71. The first kappa shape index (κ1) is 20.8. The van der Waals surface area contributed by atoms with Gasteiger partial charge in [0.05, 0.1) is 17.8 Å². The van der Waals surface area contributed by atoms with Gasteiger partial charge in [-0.3, -0.25) is 9.36 Å². The summed E-state index contributed by atoms with van der Waals surface area (Å²) in [6, 6.07) is 14.8. The van der Waals surface area contributed by atoms with E-state index >= 15 is 0 Å². The number of pyridine rings is 1. The zero-order chi connectivity index (χ0) is 21.9. The molecule has 0 saturated heterocycles. The predicted octanol–water partition coefficient (Wildman–Crippen LogP) is 5.22. The molecule has 0 radical (unpaired) electrons. The van der Waals surface area contributed by atoms with Crippen LogP contribution in [0.4, 0.5) is 24.5 Å². The van der Waals surface area contributed by atoms with Crippen molar-refractivity contribution >= 4 is 11.4 Å². The molecule has 0 aliphatic carbocycles. The van der Waals surface area contributed by atoms with Crippen molar-refractivity contribution in [3.63, 3.8) is 0 Å². The van der Waals surface area contributed by atoms with Crippen molar-refractivity contribution in [2.75, 3.05) is 0 Å². The van der Waals surface area contributed by atoms with E-state index in [-0.39, 0.29) is 29.0 Å². The lowest BCUT2D eigenvalue weighted by Gasteiger charge is -2.13. The summed E-state index contributed by atoms with van der Waals surface area (Å²) < 4.78 is 39.6. The molecular weight excluding hydrogens is 397 g/mol. The molecule has 0 amide bonds. The third-order valence-corrected chi connectivity index (χ3v) is 4.39. The molecule has 9 heteroatoms. The second-order valence-electron chi connectivity index (χ2n) is 6.41. The fraction of sp³-hybridized carbons (Fsp3) is 0.143. The van der Waals surface area contributed by atoms with Gasteiger partial charge >= 0.3 is 6.18 Å². The Hall–Kier alpha value is -3.93. The van der Waals surface area contributed by atoms with Crippen molar-refractivity contribution in [2.24, 2.45) is 10.2 Å². The highest BCUT2D eigenvalue weighted by atomic mass is 19.4. The van der Waals surface area contributed by atoms with Gasteiger partial charge in [-0.25, -0.2) is 0 Å². The van der Waals surface area contributed by atoms with Crippen LogP contribution in [0.1, 0.15) is 22.3 Å². The van der Waals surface area contributed by atoms with Crippen LogP contribution < -0.4 is 5.56 Å². The molecule has 3 aromatic rings. The van der Waals surface area contributed by atoms with Crippen LogP contribution in [0, 0.1) is 18.3 Å². The summed E-state index contributed by atoms with van der Waals surface area (Å²) in [4.78, 5) is 12.9. The number of benzene rings is 2. The Balaban J connectivity index is 2.09. The Morgan fingerprint density at radius 1 is 1.10 bits per heavy atom. The van der Waals surface area contributed by atoms with Crippen LogP contribution in [0.25, 0.3) is 0 Å². The van der Waals surface area contributed by atoms with Crippen LogP contribution >= 0.6 is 0 Å². The van der Waals surface area contributed by atoms with E-state index in [0.29, 0.717) is 5.56 Å². The Morgan fingerprint density at radius 2 is 1.80 bits per heavy atom. The van der Waals surface area contributed by atoms with Crippen molar-refractivity contribution in [3.8, 4) is 11.9 Å². The van der Waals surface area contributed by atoms with Gasteiger partial charge in [0.2, 0.25) is 5.88 Å². The van der Waals surface area contributed by atoms with Gasteiger partial charge in [0, 0.05) is 5.56 Å². The largest absolute Gasteiger partial charge is 0.493 e. The van der Waals surface area contributed by atoms with Gasteiger partial charge in [-0.1, -0.05) is 36.4 Å². The summed E-state index contributed by atoms with van der Waals surface area (Å²) in [6.07, 6.45) is -4.55. The molecule has 152 valence electrons. The molecule has 0 fully saturated rings. The molecular formula is C21H15F3N4O2. The van der Waals surface area contributed by atoms with Gasteiger partial charge in [0.15, 0.2) is 5.69 Å². The Kier molecular flexibility index (Phi) is 5.69. The number of halogens is 3. The molecule has 0 spiro atoms. The first-order chi connectivity index (χ1) is 14.2. The molecule has 0 aliphatic rings. The highest BCUT2D eigenvalue weighted by molar-refractivity contribution is 5.57. The minimum atomic E-state index is -4.55.